The highest BCUT2D eigenvalue weighted by atomic mass is 16.2. The van der Waals surface area contributed by atoms with Gasteiger partial charge >= 0.3 is 17.8 Å². The van der Waals surface area contributed by atoms with Crippen LogP contribution in [0.2, 0.25) is 0 Å². The van der Waals surface area contributed by atoms with Gasteiger partial charge in [-0.2, -0.15) is 0 Å². The van der Waals surface area contributed by atoms with Gasteiger partial charge in [-0.3, -0.25) is 14.9 Å². The predicted octanol–water partition coefficient (Wildman–Crippen LogP) is -1.61. The number of carbonyl (C=O) groups is 3. The van der Waals surface area contributed by atoms with Crippen LogP contribution in [0.25, 0.3) is 0 Å². The summed E-state index contributed by atoms with van der Waals surface area (Å²) in [5.41, 5.74) is 0. The van der Waals surface area contributed by atoms with Gasteiger partial charge in [0.25, 0.3) is 0 Å². The maximum Gasteiger partial charge on any atom is 0.331 e. The maximum absolute atomic E-state index is 11.2. The number of carbonyl (C=O) groups excluding carboxylic acids is 3. The number of nitrogens with zero attached hydrogens (tertiary/aromatic N) is 4. The van der Waals surface area contributed by atoms with Crippen LogP contribution in [0.15, 0.2) is 6.33 Å². The summed E-state index contributed by atoms with van der Waals surface area (Å²) in [4.78, 5) is 34.0. The van der Waals surface area contributed by atoms with E-state index in [1.54, 1.807) is 11.6 Å². The Hall–Kier alpha value is -2.25. The molecule has 1 aliphatic heterocycles. The van der Waals surface area contributed by atoms with Gasteiger partial charge < -0.3 is 4.57 Å². The second kappa shape index (κ2) is 3.15. The molecular formula is C7H7N5O3. The highest BCUT2D eigenvalue weighted by molar-refractivity contribution is 6.44. The molecule has 1 aliphatic rings. The average Bonchev–Trinajstić information content (AvgIpc) is 2.67. The second-order valence-corrected chi connectivity index (χ2v) is 3.01. The minimum Gasteiger partial charge on any atom is -0.319 e. The van der Waals surface area contributed by atoms with Crippen LogP contribution in [0.1, 0.15) is 5.82 Å². The van der Waals surface area contributed by atoms with Crippen LogP contribution in [0, 0.1) is 0 Å². The van der Waals surface area contributed by atoms with E-state index in [1.165, 1.54) is 6.33 Å². The first-order chi connectivity index (χ1) is 7.09. The van der Waals surface area contributed by atoms with Gasteiger partial charge in [-0.15, -0.1) is 10.2 Å². The van der Waals surface area contributed by atoms with Crippen molar-refractivity contribution in [1.29, 1.82) is 0 Å². The Balaban J connectivity index is 2.20. The molecule has 15 heavy (non-hydrogen) atoms. The quantitative estimate of drug-likeness (QED) is 0.467. The smallest absolute Gasteiger partial charge is 0.319 e. The molecule has 0 saturated carbocycles. The lowest BCUT2D eigenvalue weighted by Gasteiger charge is -2.09. The Morgan fingerprint density at radius 3 is 2.60 bits per heavy atom. The van der Waals surface area contributed by atoms with Crippen LogP contribution in [-0.4, -0.2) is 37.5 Å². The minimum atomic E-state index is -0.915. The highest BCUT2D eigenvalue weighted by Crippen LogP contribution is 2.05. The standard InChI is InChI=1S/C7H7N5O3/c1-11-3-8-10-4(11)2-12-6(14)5(13)9-7(12)15/h3H,2H2,1H3,(H,9,13,15). The van der Waals surface area contributed by atoms with E-state index in [1.807, 2.05) is 5.32 Å². The Morgan fingerprint density at radius 1 is 1.40 bits per heavy atom. The summed E-state index contributed by atoms with van der Waals surface area (Å²) < 4.78 is 1.56. The van der Waals surface area contributed by atoms with Crippen LogP contribution >= 0.6 is 0 Å². The number of urea groups is 1. The van der Waals surface area contributed by atoms with Crippen molar-refractivity contribution in [2.24, 2.45) is 7.05 Å². The number of rotatable bonds is 2. The molecule has 8 nitrogen and oxygen atoms in total. The van der Waals surface area contributed by atoms with E-state index in [0.29, 0.717) is 5.82 Å². The fourth-order valence-corrected chi connectivity index (χ4v) is 1.17. The van der Waals surface area contributed by atoms with Crippen molar-refractivity contribution in [1.82, 2.24) is 25.0 Å². The number of amides is 4. The van der Waals surface area contributed by atoms with Gasteiger partial charge in [0.1, 0.15) is 6.33 Å². The summed E-state index contributed by atoms with van der Waals surface area (Å²) >= 11 is 0. The Morgan fingerprint density at radius 2 is 2.13 bits per heavy atom. The molecule has 0 bridgehead atoms. The number of aryl methyl sites for hydroxylation is 1. The fourth-order valence-electron chi connectivity index (χ4n) is 1.17. The summed E-state index contributed by atoms with van der Waals surface area (Å²) in [5.74, 6) is -1.36. The molecule has 1 fully saturated rings. The SMILES string of the molecule is Cn1cnnc1CN1C(=O)NC(=O)C1=O. The normalized spacial score (nSPS) is 16.1. The Bertz CT molecular complexity index is 451. The average molecular weight is 209 g/mol. The van der Waals surface area contributed by atoms with Crippen molar-refractivity contribution in [3.05, 3.63) is 12.2 Å². The van der Waals surface area contributed by atoms with Crippen molar-refractivity contribution in [2.75, 3.05) is 0 Å². The van der Waals surface area contributed by atoms with Crippen molar-refractivity contribution >= 4 is 17.8 Å². The summed E-state index contributed by atoms with van der Waals surface area (Å²) in [7, 11) is 1.68. The number of hydrogen-bond donors (Lipinski definition) is 1. The molecule has 78 valence electrons. The van der Waals surface area contributed by atoms with Gasteiger partial charge in [-0.25, -0.2) is 9.69 Å². The molecule has 8 heteroatoms. The molecule has 1 N–H and O–H groups in total. The molecule has 0 unspecified atom stereocenters. The van der Waals surface area contributed by atoms with Gasteiger partial charge in [0.2, 0.25) is 0 Å². The van der Waals surface area contributed by atoms with Crippen LogP contribution in [0.3, 0.4) is 0 Å². The number of hydrogen-bond acceptors (Lipinski definition) is 5. The zero-order valence-electron chi connectivity index (χ0n) is 7.80. The monoisotopic (exact) mass is 209 g/mol. The summed E-state index contributed by atoms with van der Waals surface area (Å²) in [6, 6.07) is -0.729. The van der Waals surface area contributed by atoms with E-state index in [-0.39, 0.29) is 6.54 Å². The second-order valence-electron chi connectivity index (χ2n) is 3.01. The van der Waals surface area contributed by atoms with Gasteiger partial charge in [0.05, 0.1) is 6.54 Å². The first-order valence-electron chi connectivity index (χ1n) is 4.09. The summed E-state index contributed by atoms with van der Waals surface area (Å²) in [6.45, 7) is -0.0626. The van der Waals surface area contributed by atoms with E-state index in [9.17, 15) is 14.4 Å². The first kappa shape index (κ1) is 9.31. The molecule has 1 aromatic rings. The fraction of sp³-hybridized carbons (Fsp3) is 0.286. The van der Waals surface area contributed by atoms with E-state index in [2.05, 4.69) is 10.2 Å². The van der Waals surface area contributed by atoms with Crippen molar-refractivity contribution in [2.45, 2.75) is 6.54 Å². The topological polar surface area (TPSA) is 97.2 Å². The van der Waals surface area contributed by atoms with E-state index >= 15 is 0 Å². The molecule has 2 heterocycles. The Kier molecular flexibility index (Phi) is 1.96. The zero-order chi connectivity index (χ0) is 11.0. The third-order valence-electron chi connectivity index (χ3n) is 2.01. The molecule has 0 aromatic carbocycles. The molecule has 4 amide bonds. The molecule has 0 radical (unpaired) electrons. The maximum atomic E-state index is 11.2. The molecule has 0 spiro atoms. The molecule has 0 atom stereocenters. The van der Waals surface area contributed by atoms with Crippen LogP contribution in [-0.2, 0) is 23.2 Å². The van der Waals surface area contributed by atoms with Gasteiger partial charge in [-0.05, 0) is 0 Å². The van der Waals surface area contributed by atoms with Crippen molar-refractivity contribution in [3.8, 4) is 0 Å². The van der Waals surface area contributed by atoms with Gasteiger partial charge in [0, 0.05) is 7.05 Å². The predicted molar refractivity (Wildman–Crippen MR) is 45.1 cm³/mol. The third kappa shape index (κ3) is 1.45. The van der Waals surface area contributed by atoms with Crippen LogP contribution in [0.4, 0.5) is 4.79 Å². The Labute approximate surface area is 83.9 Å². The lowest BCUT2D eigenvalue weighted by atomic mass is 10.5. The zero-order valence-corrected chi connectivity index (χ0v) is 7.80. The summed E-state index contributed by atoms with van der Waals surface area (Å²) in [5, 5.41) is 9.18. The first-order valence-corrected chi connectivity index (χ1v) is 4.09. The van der Waals surface area contributed by atoms with E-state index in [4.69, 9.17) is 0 Å². The van der Waals surface area contributed by atoms with Crippen LogP contribution in [0.5, 0.6) is 0 Å². The molecular weight excluding hydrogens is 202 g/mol. The minimum absolute atomic E-state index is 0.0626. The number of imide groups is 2. The van der Waals surface area contributed by atoms with Crippen LogP contribution < -0.4 is 5.32 Å². The molecule has 1 saturated heterocycles. The molecule has 1 aromatic heterocycles. The van der Waals surface area contributed by atoms with E-state index in [0.717, 1.165) is 4.90 Å². The van der Waals surface area contributed by atoms with E-state index < -0.39 is 17.8 Å². The lowest BCUT2D eigenvalue weighted by Crippen LogP contribution is -2.31. The van der Waals surface area contributed by atoms with Gasteiger partial charge in [0.15, 0.2) is 5.82 Å². The van der Waals surface area contributed by atoms with Crippen molar-refractivity contribution < 1.29 is 14.4 Å². The number of nitrogens with one attached hydrogen (secondary N) is 1. The lowest BCUT2D eigenvalue weighted by molar-refractivity contribution is -0.140. The highest BCUT2D eigenvalue weighted by Gasteiger charge is 2.37. The summed E-state index contributed by atoms with van der Waals surface area (Å²) in [6.07, 6.45) is 1.44. The third-order valence-corrected chi connectivity index (χ3v) is 2.01. The number of aromatic nitrogens is 3. The van der Waals surface area contributed by atoms with Crippen molar-refractivity contribution in [3.63, 3.8) is 0 Å². The molecule has 2 rings (SSSR count). The largest absolute Gasteiger partial charge is 0.331 e. The molecule has 0 aliphatic carbocycles. The van der Waals surface area contributed by atoms with Gasteiger partial charge in [-0.1, -0.05) is 0 Å².